The van der Waals surface area contributed by atoms with Crippen molar-refractivity contribution in [1.82, 2.24) is 4.90 Å². The molecule has 0 bridgehead atoms. The Bertz CT molecular complexity index is 1250. The Hall–Kier alpha value is -3.16. The lowest BCUT2D eigenvalue weighted by Crippen LogP contribution is -2.69. The van der Waals surface area contributed by atoms with Crippen LogP contribution in [0.1, 0.15) is 43.2 Å². The molecule has 1 saturated carbocycles. The molecule has 7 nitrogen and oxygen atoms in total. The van der Waals surface area contributed by atoms with E-state index in [1.165, 1.54) is 7.11 Å². The Morgan fingerprint density at radius 3 is 2.62 bits per heavy atom. The van der Waals surface area contributed by atoms with Crippen LogP contribution in [0.5, 0.6) is 5.75 Å². The molecule has 0 radical (unpaired) electrons. The van der Waals surface area contributed by atoms with Gasteiger partial charge in [0.2, 0.25) is 0 Å². The number of anilines is 1. The van der Waals surface area contributed by atoms with Gasteiger partial charge in [-0.1, -0.05) is 42.5 Å². The molecule has 194 valence electrons. The number of benzene rings is 2. The Labute approximate surface area is 217 Å². The number of aliphatic hydroxyl groups excluding tert-OH is 1. The maximum absolute atomic E-state index is 14.0. The molecule has 7 heteroatoms. The number of aliphatic hydroxyl groups is 1. The zero-order valence-electron chi connectivity index (χ0n) is 21.4. The van der Waals surface area contributed by atoms with Crippen LogP contribution in [0.15, 0.2) is 54.6 Å². The van der Waals surface area contributed by atoms with E-state index < -0.39 is 22.9 Å². The van der Waals surface area contributed by atoms with Crippen molar-refractivity contribution >= 4 is 23.6 Å². The predicted octanol–water partition coefficient (Wildman–Crippen LogP) is 3.54. The van der Waals surface area contributed by atoms with Crippen molar-refractivity contribution in [2.24, 2.45) is 5.41 Å². The van der Waals surface area contributed by atoms with Crippen molar-refractivity contribution in [3.63, 3.8) is 0 Å². The summed E-state index contributed by atoms with van der Waals surface area (Å²) in [4.78, 5) is 31.1. The maximum Gasteiger partial charge on any atom is 0.335 e. The van der Waals surface area contributed by atoms with Gasteiger partial charge >= 0.3 is 5.97 Å². The fourth-order valence-electron chi connectivity index (χ4n) is 8.19. The van der Waals surface area contributed by atoms with Crippen LogP contribution in [0, 0.1) is 5.41 Å². The molecule has 37 heavy (non-hydrogen) atoms. The van der Waals surface area contributed by atoms with Gasteiger partial charge in [-0.15, -0.1) is 0 Å². The molecule has 3 heterocycles. The molecule has 2 aromatic rings. The van der Waals surface area contributed by atoms with Crippen molar-refractivity contribution in [2.45, 2.75) is 55.7 Å². The van der Waals surface area contributed by atoms with Gasteiger partial charge < -0.3 is 19.5 Å². The van der Waals surface area contributed by atoms with Crippen LogP contribution in [-0.2, 0) is 19.7 Å². The minimum Gasteiger partial charge on any atom is -0.495 e. The van der Waals surface area contributed by atoms with Gasteiger partial charge in [0.15, 0.2) is 6.10 Å². The average Bonchev–Trinajstić information content (AvgIpc) is 3.48. The number of rotatable bonds is 5. The Morgan fingerprint density at radius 2 is 1.86 bits per heavy atom. The number of ether oxygens (including phenoxy) is 2. The summed E-state index contributed by atoms with van der Waals surface area (Å²) in [6, 6.07) is 15.7. The number of amides is 1. The van der Waals surface area contributed by atoms with E-state index in [1.807, 2.05) is 53.4 Å². The molecule has 1 spiro atoms. The summed E-state index contributed by atoms with van der Waals surface area (Å²) in [5.41, 5.74) is 1.88. The van der Waals surface area contributed by atoms with Crippen molar-refractivity contribution in [3.8, 4) is 5.75 Å². The number of nitrogens with zero attached hydrogens (tertiary/aromatic N) is 2. The second kappa shape index (κ2) is 8.99. The van der Waals surface area contributed by atoms with E-state index in [-0.39, 0.29) is 18.0 Å². The molecule has 3 fully saturated rings. The maximum atomic E-state index is 14.0. The zero-order valence-corrected chi connectivity index (χ0v) is 21.4. The first-order chi connectivity index (χ1) is 18.0. The molecule has 2 saturated heterocycles. The lowest BCUT2D eigenvalue weighted by molar-refractivity contribution is -0.172. The first-order valence-corrected chi connectivity index (χ1v) is 13.2. The molecule has 3 aliphatic heterocycles. The standard InChI is InChI=1S/C30H34N2O5/c1-36-22-11-6-10-21-25(22)32(24(33)13-12-20-8-4-3-5-9-20)23-14-16-29(26(34)27(35)37-2)15-7-18-31-19-17-30(21,23)28(29)31/h3-6,8-13,23,26,28,34H,7,14-19H2,1-2H3. The summed E-state index contributed by atoms with van der Waals surface area (Å²) < 4.78 is 10.9. The summed E-state index contributed by atoms with van der Waals surface area (Å²) in [6.45, 7) is 1.80. The molecule has 5 atom stereocenters. The third-order valence-corrected chi connectivity index (χ3v) is 9.47. The SMILES string of the molecule is COC(=O)C(O)C12CCCN3CCC4(c5cccc(OC)c5N(C(=O)C=Cc5ccccc5)C4CC1)C32. The Kier molecular flexibility index (Phi) is 5.88. The van der Waals surface area contributed by atoms with Gasteiger partial charge in [0.1, 0.15) is 5.75 Å². The van der Waals surface area contributed by atoms with Gasteiger partial charge in [0.25, 0.3) is 5.91 Å². The summed E-state index contributed by atoms with van der Waals surface area (Å²) in [6.07, 6.45) is 6.23. The molecular formula is C30H34N2O5. The van der Waals surface area contributed by atoms with E-state index in [0.717, 1.165) is 49.2 Å². The number of hydrogen-bond acceptors (Lipinski definition) is 6. The van der Waals surface area contributed by atoms with Gasteiger partial charge in [0.05, 0.1) is 19.9 Å². The number of carbonyl (C=O) groups excluding carboxylic acids is 2. The third kappa shape index (κ3) is 3.33. The lowest BCUT2D eigenvalue weighted by atomic mass is 9.51. The molecule has 1 amide bonds. The van der Waals surface area contributed by atoms with Crippen LogP contribution in [-0.4, -0.2) is 67.4 Å². The minimum atomic E-state index is -1.20. The predicted molar refractivity (Wildman–Crippen MR) is 140 cm³/mol. The molecule has 1 aliphatic carbocycles. The molecule has 6 rings (SSSR count). The van der Waals surface area contributed by atoms with E-state index in [0.29, 0.717) is 18.6 Å². The fourth-order valence-corrected chi connectivity index (χ4v) is 8.19. The van der Waals surface area contributed by atoms with E-state index in [1.54, 1.807) is 13.2 Å². The fraction of sp³-hybridized carbons (Fsp3) is 0.467. The topological polar surface area (TPSA) is 79.3 Å². The molecule has 4 aliphatic rings. The number of carbonyl (C=O) groups is 2. The largest absolute Gasteiger partial charge is 0.495 e. The van der Waals surface area contributed by atoms with Gasteiger partial charge in [-0.25, -0.2) is 4.79 Å². The molecule has 5 unspecified atom stereocenters. The number of esters is 1. The van der Waals surface area contributed by atoms with E-state index in [9.17, 15) is 14.7 Å². The normalized spacial score (nSPS) is 30.9. The molecular weight excluding hydrogens is 468 g/mol. The van der Waals surface area contributed by atoms with E-state index in [2.05, 4.69) is 11.0 Å². The van der Waals surface area contributed by atoms with Gasteiger partial charge in [-0.05, 0) is 68.5 Å². The number of methoxy groups -OCH3 is 2. The third-order valence-electron chi connectivity index (χ3n) is 9.47. The Morgan fingerprint density at radius 1 is 1.05 bits per heavy atom. The van der Waals surface area contributed by atoms with Crippen LogP contribution >= 0.6 is 0 Å². The smallest absolute Gasteiger partial charge is 0.335 e. The molecule has 0 aromatic heterocycles. The summed E-state index contributed by atoms with van der Waals surface area (Å²) in [5.74, 6) is 0.0350. The molecule has 2 aromatic carbocycles. The molecule has 1 N–H and O–H groups in total. The van der Waals surface area contributed by atoms with E-state index >= 15 is 0 Å². The van der Waals surface area contributed by atoms with Crippen molar-refractivity contribution in [1.29, 1.82) is 0 Å². The van der Waals surface area contributed by atoms with Crippen LogP contribution in [0.4, 0.5) is 5.69 Å². The van der Waals surface area contributed by atoms with Crippen molar-refractivity contribution in [3.05, 3.63) is 65.7 Å². The van der Waals surface area contributed by atoms with Crippen molar-refractivity contribution < 1.29 is 24.2 Å². The first-order valence-electron chi connectivity index (χ1n) is 13.2. The number of hydrogen-bond donors (Lipinski definition) is 1. The summed E-state index contributed by atoms with van der Waals surface area (Å²) in [5, 5.41) is 11.4. The highest BCUT2D eigenvalue weighted by Crippen LogP contribution is 2.66. The second-order valence-corrected chi connectivity index (χ2v) is 10.9. The first kappa shape index (κ1) is 24.2. The quantitative estimate of drug-likeness (QED) is 0.498. The monoisotopic (exact) mass is 502 g/mol. The zero-order chi connectivity index (χ0) is 25.8. The van der Waals surface area contributed by atoms with Crippen LogP contribution in [0.3, 0.4) is 0 Å². The Balaban J connectivity index is 1.49. The highest BCUT2D eigenvalue weighted by molar-refractivity contribution is 6.07. The van der Waals surface area contributed by atoms with Gasteiger partial charge in [-0.3, -0.25) is 9.69 Å². The number of para-hydroxylation sites is 1. The lowest BCUT2D eigenvalue weighted by Gasteiger charge is -2.59. The summed E-state index contributed by atoms with van der Waals surface area (Å²) >= 11 is 0. The second-order valence-electron chi connectivity index (χ2n) is 10.9. The van der Waals surface area contributed by atoms with Crippen LogP contribution in [0.25, 0.3) is 6.08 Å². The van der Waals surface area contributed by atoms with Gasteiger partial charge in [-0.2, -0.15) is 0 Å². The number of fused-ring (bicyclic) bond motifs is 1. The van der Waals surface area contributed by atoms with Crippen LogP contribution < -0.4 is 9.64 Å². The number of piperidine rings is 1. The van der Waals surface area contributed by atoms with E-state index in [4.69, 9.17) is 9.47 Å². The van der Waals surface area contributed by atoms with Crippen molar-refractivity contribution in [2.75, 3.05) is 32.2 Å². The minimum absolute atomic E-state index is 0.0663. The average molecular weight is 503 g/mol. The van der Waals surface area contributed by atoms with Crippen LogP contribution in [0.2, 0.25) is 0 Å². The summed E-state index contributed by atoms with van der Waals surface area (Å²) in [7, 11) is 2.98. The highest BCUT2D eigenvalue weighted by atomic mass is 16.5. The highest BCUT2D eigenvalue weighted by Gasteiger charge is 2.71. The van der Waals surface area contributed by atoms with Gasteiger partial charge in [0, 0.05) is 29.0 Å².